The van der Waals surface area contributed by atoms with Gasteiger partial charge >= 0.3 is 0 Å². The molecule has 134 valence electrons. The van der Waals surface area contributed by atoms with Crippen LogP contribution in [0.4, 0.5) is 5.69 Å². The van der Waals surface area contributed by atoms with Gasteiger partial charge in [-0.1, -0.05) is 18.2 Å². The predicted molar refractivity (Wildman–Crippen MR) is 98.6 cm³/mol. The molecule has 1 amide bonds. The van der Waals surface area contributed by atoms with Crippen LogP contribution in [0.1, 0.15) is 22.3 Å². The van der Waals surface area contributed by atoms with Crippen molar-refractivity contribution in [3.8, 4) is 5.75 Å². The molecule has 0 atom stereocenters. The van der Waals surface area contributed by atoms with Crippen molar-refractivity contribution >= 4 is 21.6 Å². The zero-order valence-corrected chi connectivity index (χ0v) is 15.1. The zero-order valence-electron chi connectivity index (χ0n) is 14.3. The largest absolute Gasteiger partial charge is 0.497 e. The van der Waals surface area contributed by atoms with Gasteiger partial charge in [0.1, 0.15) is 5.75 Å². The molecule has 0 unspecified atom stereocenters. The molecule has 0 spiro atoms. The molecule has 2 aromatic rings. The summed E-state index contributed by atoms with van der Waals surface area (Å²) in [7, 11) is -1.70. The van der Waals surface area contributed by atoms with Crippen LogP contribution in [-0.4, -0.2) is 34.2 Å². The van der Waals surface area contributed by atoms with Crippen LogP contribution in [0.15, 0.2) is 48.5 Å². The van der Waals surface area contributed by atoms with Crippen molar-refractivity contribution in [2.24, 2.45) is 0 Å². The highest BCUT2D eigenvalue weighted by Gasteiger charge is 2.06. The fourth-order valence-electron chi connectivity index (χ4n) is 2.31. The van der Waals surface area contributed by atoms with E-state index >= 15 is 0 Å². The molecule has 2 rings (SSSR count). The lowest BCUT2D eigenvalue weighted by Gasteiger charge is -2.08. The van der Waals surface area contributed by atoms with Crippen molar-refractivity contribution in [3.63, 3.8) is 0 Å². The van der Waals surface area contributed by atoms with Gasteiger partial charge in [0.05, 0.1) is 13.4 Å². The number of amides is 1. The number of benzene rings is 2. The van der Waals surface area contributed by atoms with Crippen LogP contribution in [0.5, 0.6) is 5.75 Å². The summed E-state index contributed by atoms with van der Waals surface area (Å²) < 4.78 is 29.8. The summed E-state index contributed by atoms with van der Waals surface area (Å²) in [5.74, 6) is 0.516. The number of nitrogens with one attached hydrogen (secondary N) is 2. The van der Waals surface area contributed by atoms with Crippen molar-refractivity contribution in [2.75, 3.05) is 24.6 Å². The Kier molecular flexibility index (Phi) is 6.41. The highest BCUT2D eigenvalue weighted by atomic mass is 32.2. The van der Waals surface area contributed by atoms with E-state index in [1.807, 2.05) is 12.1 Å². The Morgan fingerprint density at radius 1 is 1.12 bits per heavy atom. The fourth-order valence-corrected chi connectivity index (χ4v) is 2.88. The first-order valence-corrected chi connectivity index (χ1v) is 9.75. The second kappa shape index (κ2) is 8.53. The Morgan fingerprint density at radius 3 is 2.48 bits per heavy atom. The van der Waals surface area contributed by atoms with E-state index in [-0.39, 0.29) is 5.91 Å². The first kappa shape index (κ1) is 18.8. The maximum atomic E-state index is 12.1. The minimum Gasteiger partial charge on any atom is -0.497 e. The molecule has 0 fully saturated rings. The van der Waals surface area contributed by atoms with Crippen molar-refractivity contribution in [2.45, 2.75) is 12.8 Å². The van der Waals surface area contributed by atoms with E-state index in [9.17, 15) is 13.2 Å². The SMILES string of the molecule is COc1cccc(C(=O)NCCCc2ccc(NS(C)(=O)=O)cc2)c1. The maximum absolute atomic E-state index is 12.1. The molecule has 0 radical (unpaired) electrons. The minimum absolute atomic E-state index is 0.133. The number of sulfonamides is 1. The fraction of sp³-hybridized carbons (Fsp3) is 0.278. The van der Waals surface area contributed by atoms with Gasteiger partial charge in [-0.25, -0.2) is 8.42 Å². The predicted octanol–water partition coefficient (Wildman–Crippen LogP) is 2.43. The number of hydrogen-bond acceptors (Lipinski definition) is 4. The molecule has 0 aliphatic carbocycles. The monoisotopic (exact) mass is 362 g/mol. The second-order valence-corrected chi connectivity index (χ2v) is 7.41. The van der Waals surface area contributed by atoms with E-state index in [0.29, 0.717) is 23.5 Å². The van der Waals surface area contributed by atoms with Crippen LogP contribution in [0, 0.1) is 0 Å². The lowest BCUT2D eigenvalue weighted by molar-refractivity contribution is 0.0953. The highest BCUT2D eigenvalue weighted by molar-refractivity contribution is 7.92. The van der Waals surface area contributed by atoms with Crippen LogP contribution >= 0.6 is 0 Å². The molecule has 0 bridgehead atoms. The number of anilines is 1. The van der Waals surface area contributed by atoms with Crippen LogP contribution in [0.2, 0.25) is 0 Å². The van der Waals surface area contributed by atoms with E-state index < -0.39 is 10.0 Å². The summed E-state index contributed by atoms with van der Waals surface area (Å²) in [5.41, 5.74) is 2.18. The van der Waals surface area contributed by atoms with Gasteiger partial charge in [0.15, 0.2) is 0 Å². The lowest BCUT2D eigenvalue weighted by atomic mass is 10.1. The molecule has 0 saturated heterocycles. The lowest BCUT2D eigenvalue weighted by Crippen LogP contribution is -2.24. The molecular formula is C18H22N2O4S. The normalized spacial score (nSPS) is 11.0. The van der Waals surface area contributed by atoms with Crippen molar-refractivity contribution in [1.82, 2.24) is 5.32 Å². The molecule has 2 aromatic carbocycles. The summed E-state index contributed by atoms with van der Waals surface area (Å²) in [6, 6.07) is 14.2. The highest BCUT2D eigenvalue weighted by Crippen LogP contribution is 2.13. The summed E-state index contributed by atoms with van der Waals surface area (Å²) in [4.78, 5) is 12.1. The van der Waals surface area contributed by atoms with Gasteiger partial charge in [0.25, 0.3) is 5.91 Å². The molecule has 0 aliphatic rings. The van der Waals surface area contributed by atoms with Gasteiger partial charge in [-0.3, -0.25) is 9.52 Å². The molecule has 7 heteroatoms. The van der Waals surface area contributed by atoms with E-state index in [1.165, 1.54) is 0 Å². The first-order chi connectivity index (χ1) is 11.9. The quantitative estimate of drug-likeness (QED) is 0.707. The average Bonchev–Trinajstić information content (AvgIpc) is 2.58. The van der Waals surface area contributed by atoms with Gasteiger partial charge in [-0.15, -0.1) is 0 Å². The third-order valence-corrected chi connectivity index (χ3v) is 4.12. The van der Waals surface area contributed by atoms with Gasteiger partial charge in [-0.2, -0.15) is 0 Å². The third-order valence-electron chi connectivity index (χ3n) is 3.52. The number of aryl methyl sites for hydroxylation is 1. The van der Waals surface area contributed by atoms with Crippen molar-refractivity contribution in [3.05, 3.63) is 59.7 Å². The first-order valence-electron chi connectivity index (χ1n) is 7.86. The van der Waals surface area contributed by atoms with Gasteiger partial charge in [0, 0.05) is 17.8 Å². The molecule has 25 heavy (non-hydrogen) atoms. The molecule has 0 saturated carbocycles. The van der Waals surface area contributed by atoms with Crippen LogP contribution in [0.25, 0.3) is 0 Å². The van der Waals surface area contributed by atoms with E-state index in [0.717, 1.165) is 24.7 Å². The second-order valence-electron chi connectivity index (χ2n) is 5.66. The number of carbonyl (C=O) groups excluding carboxylic acids is 1. The Balaban J connectivity index is 1.78. The van der Waals surface area contributed by atoms with Crippen LogP contribution in [-0.2, 0) is 16.4 Å². The maximum Gasteiger partial charge on any atom is 0.251 e. The van der Waals surface area contributed by atoms with Crippen molar-refractivity contribution < 1.29 is 17.9 Å². The van der Waals surface area contributed by atoms with E-state index in [4.69, 9.17) is 4.74 Å². The zero-order chi connectivity index (χ0) is 18.3. The molecular weight excluding hydrogens is 340 g/mol. The molecule has 0 heterocycles. The van der Waals surface area contributed by atoms with E-state index in [2.05, 4.69) is 10.0 Å². The minimum atomic E-state index is -3.26. The smallest absolute Gasteiger partial charge is 0.251 e. The topological polar surface area (TPSA) is 84.5 Å². The molecule has 2 N–H and O–H groups in total. The number of hydrogen-bond donors (Lipinski definition) is 2. The average molecular weight is 362 g/mol. The summed E-state index contributed by atoms with van der Waals surface area (Å²) in [6.07, 6.45) is 2.69. The van der Waals surface area contributed by atoms with E-state index in [1.54, 1.807) is 43.5 Å². The summed E-state index contributed by atoms with van der Waals surface area (Å²) in [6.45, 7) is 0.555. The van der Waals surface area contributed by atoms with Crippen molar-refractivity contribution in [1.29, 1.82) is 0 Å². The van der Waals surface area contributed by atoms with Crippen LogP contribution in [0.3, 0.4) is 0 Å². The van der Waals surface area contributed by atoms with Gasteiger partial charge < -0.3 is 10.1 Å². The Morgan fingerprint density at radius 2 is 1.84 bits per heavy atom. The molecule has 0 aromatic heterocycles. The summed E-state index contributed by atoms with van der Waals surface area (Å²) in [5, 5.41) is 2.88. The van der Waals surface area contributed by atoms with Gasteiger partial charge in [0.2, 0.25) is 10.0 Å². The Labute approximate surface area is 148 Å². The number of methoxy groups -OCH3 is 1. The summed E-state index contributed by atoms with van der Waals surface area (Å²) >= 11 is 0. The number of ether oxygens (including phenoxy) is 1. The number of rotatable bonds is 8. The number of carbonyl (C=O) groups is 1. The molecule has 0 aliphatic heterocycles. The van der Waals surface area contributed by atoms with Crippen LogP contribution < -0.4 is 14.8 Å². The third kappa shape index (κ3) is 6.46. The Bertz CT molecular complexity index is 817. The standard InChI is InChI=1S/C18H22N2O4S/c1-24-17-7-3-6-15(13-17)18(21)19-12-4-5-14-8-10-16(11-9-14)20-25(2,22)23/h3,6-11,13,20H,4-5,12H2,1-2H3,(H,19,21). The molecule has 6 nitrogen and oxygen atoms in total. The Hall–Kier alpha value is -2.54. The van der Waals surface area contributed by atoms with Gasteiger partial charge in [-0.05, 0) is 48.7 Å².